The Balaban J connectivity index is 1.44. The standard InChI is InChI=1S/C17H21N3O2/c1-11-18-17(22-19-11)16-8-14(21)10-20(16)9-13-7-15(13)12-5-3-2-4-6-12/h2-6,13-16,21H,7-10H2,1H3/t13-,14-,15-,16+/m0/s1. The van der Waals surface area contributed by atoms with Gasteiger partial charge in [0.25, 0.3) is 0 Å². The van der Waals surface area contributed by atoms with Gasteiger partial charge in [0.15, 0.2) is 5.82 Å². The number of benzene rings is 1. The van der Waals surface area contributed by atoms with Gasteiger partial charge in [0, 0.05) is 13.1 Å². The van der Waals surface area contributed by atoms with Crippen molar-refractivity contribution in [3.05, 3.63) is 47.6 Å². The van der Waals surface area contributed by atoms with E-state index in [4.69, 9.17) is 4.52 Å². The summed E-state index contributed by atoms with van der Waals surface area (Å²) in [5, 5.41) is 13.9. The molecule has 1 aliphatic carbocycles. The molecule has 2 aromatic rings. The van der Waals surface area contributed by atoms with E-state index >= 15 is 0 Å². The summed E-state index contributed by atoms with van der Waals surface area (Å²) in [6.45, 7) is 3.52. The second-order valence-corrected chi connectivity index (χ2v) is 6.55. The van der Waals surface area contributed by atoms with Crippen LogP contribution in [0, 0.1) is 12.8 Å². The second-order valence-electron chi connectivity index (χ2n) is 6.55. The Hall–Kier alpha value is -1.72. The van der Waals surface area contributed by atoms with Crippen LogP contribution >= 0.6 is 0 Å². The fourth-order valence-corrected chi connectivity index (χ4v) is 3.65. The first kappa shape index (κ1) is 13.9. The smallest absolute Gasteiger partial charge is 0.244 e. The van der Waals surface area contributed by atoms with Crippen molar-refractivity contribution < 1.29 is 9.63 Å². The Labute approximate surface area is 130 Å². The summed E-state index contributed by atoms with van der Waals surface area (Å²) in [5.41, 5.74) is 1.43. The van der Waals surface area contributed by atoms with E-state index in [1.807, 2.05) is 6.92 Å². The molecule has 5 nitrogen and oxygen atoms in total. The van der Waals surface area contributed by atoms with Crippen LogP contribution < -0.4 is 0 Å². The molecule has 0 radical (unpaired) electrons. The minimum Gasteiger partial charge on any atom is -0.392 e. The fraction of sp³-hybridized carbons (Fsp3) is 0.529. The van der Waals surface area contributed by atoms with E-state index in [9.17, 15) is 5.11 Å². The normalized spacial score (nSPS) is 31.5. The fourth-order valence-electron chi connectivity index (χ4n) is 3.65. The highest BCUT2D eigenvalue weighted by Gasteiger charge is 2.43. The third-order valence-corrected chi connectivity index (χ3v) is 4.83. The molecule has 0 bridgehead atoms. The Bertz CT molecular complexity index is 642. The van der Waals surface area contributed by atoms with E-state index in [0.717, 1.165) is 6.54 Å². The van der Waals surface area contributed by atoms with Crippen LogP contribution in [0.15, 0.2) is 34.9 Å². The number of hydrogen-bond acceptors (Lipinski definition) is 5. The van der Waals surface area contributed by atoms with Crippen molar-refractivity contribution in [1.29, 1.82) is 0 Å². The molecule has 0 spiro atoms. The maximum absolute atomic E-state index is 10.0. The van der Waals surface area contributed by atoms with Crippen LogP contribution in [-0.4, -0.2) is 39.3 Å². The first-order valence-corrected chi connectivity index (χ1v) is 7.98. The molecule has 1 N–H and O–H groups in total. The van der Waals surface area contributed by atoms with Gasteiger partial charge in [-0.2, -0.15) is 4.98 Å². The molecule has 116 valence electrons. The first-order valence-electron chi connectivity index (χ1n) is 7.98. The molecule has 4 atom stereocenters. The zero-order valence-electron chi connectivity index (χ0n) is 12.7. The van der Waals surface area contributed by atoms with Crippen molar-refractivity contribution in [3.8, 4) is 0 Å². The van der Waals surface area contributed by atoms with Gasteiger partial charge < -0.3 is 9.63 Å². The zero-order chi connectivity index (χ0) is 15.1. The Kier molecular flexibility index (Phi) is 3.47. The van der Waals surface area contributed by atoms with Crippen LogP contribution in [0.25, 0.3) is 0 Å². The number of aryl methyl sites for hydroxylation is 1. The van der Waals surface area contributed by atoms with E-state index in [-0.39, 0.29) is 12.1 Å². The van der Waals surface area contributed by atoms with Gasteiger partial charge in [-0.3, -0.25) is 4.90 Å². The number of aliphatic hydroxyl groups excluding tert-OH is 1. The molecular weight excluding hydrogens is 278 g/mol. The Morgan fingerprint density at radius 1 is 1.27 bits per heavy atom. The largest absolute Gasteiger partial charge is 0.392 e. The van der Waals surface area contributed by atoms with Crippen LogP contribution in [0.2, 0.25) is 0 Å². The van der Waals surface area contributed by atoms with Gasteiger partial charge in [-0.1, -0.05) is 35.5 Å². The number of aromatic nitrogens is 2. The van der Waals surface area contributed by atoms with Gasteiger partial charge in [-0.25, -0.2) is 0 Å². The maximum atomic E-state index is 10.0. The highest BCUT2D eigenvalue weighted by Crippen LogP contribution is 2.49. The van der Waals surface area contributed by atoms with Crippen LogP contribution in [-0.2, 0) is 0 Å². The predicted octanol–water partition coefficient (Wildman–Crippen LogP) is 2.29. The monoisotopic (exact) mass is 299 g/mol. The molecule has 2 fully saturated rings. The molecule has 1 saturated heterocycles. The summed E-state index contributed by atoms with van der Waals surface area (Å²) in [6, 6.07) is 10.8. The van der Waals surface area contributed by atoms with Crippen molar-refractivity contribution >= 4 is 0 Å². The summed E-state index contributed by atoms with van der Waals surface area (Å²) in [4.78, 5) is 6.66. The molecule has 1 aliphatic heterocycles. The van der Waals surface area contributed by atoms with Crippen molar-refractivity contribution in [1.82, 2.24) is 15.0 Å². The van der Waals surface area contributed by atoms with Crippen molar-refractivity contribution in [3.63, 3.8) is 0 Å². The lowest BCUT2D eigenvalue weighted by molar-refractivity contribution is 0.169. The SMILES string of the molecule is Cc1noc([C@H]2C[C@H](O)CN2C[C@@H]2C[C@H]2c2ccccc2)n1. The topological polar surface area (TPSA) is 62.4 Å². The average Bonchev–Trinajstić information content (AvgIpc) is 2.99. The Morgan fingerprint density at radius 3 is 2.82 bits per heavy atom. The van der Waals surface area contributed by atoms with E-state index < -0.39 is 0 Å². The van der Waals surface area contributed by atoms with Gasteiger partial charge in [0.05, 0.1) is 12.1 Å². The van der Waals surface area contributed by atoms with E-state index in [0.29, 0.717) is 36.5 Å². The van der Waals surface area contributed by atoms with Crippen LogP contribution in [0.3, 0.4) is 0 Å². The van der Waals surface area contributed by atoms with Crippen molar-refractivity contribution in [2.24, 2.45) is 5.92 Å². The zero-order valence-corrected chi connectivity index (χ0v) is 12.7. The first-order chi connectivity index (χ1) is 10.7. The van der Waals surface area contributed by atoms with Gasteiger partial charge in [0.1, 0.15) is 0 Å². The molecule has 2 aliphatic rings. The Morgan fingerprint density at radius 2 is 2.09 bits per heavy atom. The molecular formula is C17H21N3O2. The molecule has 2 heterocycles. The molecule has 0 unspecified atom stereocenters. The van der Waals surface area contributed by atoms with Gasteiger partial charge >= 0.3 is 0 Å². The summed E-state index contributed by atoms with van der Waals surface area (Å²) < 4.78 is 5.33. The van der Waals surface area contributed by atoms with E-state index in [2.05, 4.69) is 45.4 Å². The quantitative estimate of drug-likeness (QED) is 0.938. The maximum Gasteiger partial charge on any atom is 0.244 e. The third-order valence-electron chi connectivity index (χ3n) is 4.83. The lowest BCUT2D eigenvalue weighted by atomic mass is 10.1. The van der Waals surface area contributed by atoms with Gasteiger partial charge in [0.2, 0.25) is 5.89 Å². The van der Waals surface area contributed by atoms with Crippen LogP contribution in [0.5, 0.6) is 0 Å². The minimum absolute atomic E-state index is 0.0632. The lowest BCUT2D eigenvalue weighted by Crippen LogP contribution is -2.27. The summed E-state index contributed by atoms with van der Waals surface area (Å²) in [5.74, 6) is 2.62. The number of nitrogens with zero attached hydrogens (tertiary/aromatic N) is 3. The third kappa shape index (κ3) is 2.66. The summed E-state index contributed by atoms with van der Waals surface area (Å²) in [7, 11) is 0. The lowest BCUT2D eigenvalue weighted by Gasteiger charge is -2.21. The molecule has 4 rings (SSSR count). The van der Waals surface area contributed by atoms with Gasteiger partial charge in [-0.15, -0.1) is 0 Å². The van der Waals surface area contributed by atoms with E-state index in [1.165, 1.54) is 12.0 Å². The van der Waals surface area contributed by atoms with Gasteiger partial charge in [-0.05, 0) is 37.2 Å². The van der Waals surface area contributed by atoms with Crippen molar-refractivity contribution in [2.75, 3.05) is 13.1 Å². The molecule has 1 aromatic heterocycles. The second kappa shape index (κ2) is 5.48. The number of β-amino-alcohol motifs (C(OH)–C–C–N with tert-alkyl or cyclic N) is 1. The van der Waals surface area contributed by atoms with Crippen LogP contribution in [0.1, 0.15) is 42.1 Å². The number of hydrogen-bond donors (Lipinski definition) is 1. The minimum atomic E-state index is -0.300. The molecule has 5 heteroatoms. The predicted molar refractivity (Wildman–Crippen MR) is 81.3 cm³/mol. The highest BCUT2D eigenvalue weighted by molar-refractivity contribution is 5.25. The highest BCUT2D eigenvalue weighted by atomic mass is 16.5. The number of aliphatic hydroxyl groups is 1. The molecule has 1 saturated carbocycles. The summed E-state index contributed by atoms with van der Waals surface area (Å²) in [6.07, 6.45) is 1.61. The molecule has 22 heavy (non-hydrogen) atoms. The average molecular weight is 299 g/mol. The van der Waals surface area contributed by atoms with Crippen LogP contribution in [0.4, 0.5) is 0 Å². The molecule has 1 aromatic carbocycles. The molecule has 0 amide bonds. The number of rotatable bonds is 4. The van der Waals surface area contributed by atoms with E-state index in [1.54, 1.807) is 0 Å². The number of likely N-dealkylation sites (tertiary alicyclic amines) is 1. The van der Waals surface area contributed by atoms with Crippen molar-refractivity contribution in [2.45, 2.75) is 37.8 Å². The summed E-state index contributed by atoms with van der Waals surface area (Å²) >= 11 is 0.